The minimum atomic E-state index is 0.0417. The Hall–Kier alpha value is 0.190. The zero-order chi connectivity index (χ0) is 6.81. The Morgan fingerprint density at radius 3 is 3.30 bits per heavy atom. The van der Waals surface area contributed by atoms with Crippen molar-refractivity contribution in [3.8, 4) is 0 Å². The standard InChI is InChI=1S/C4H4N2OS3/c1-5-10-4(7-1)3-6-9-2-8-3/h1,4H,2H2. The maximum absolute atomic E-state index is 5.14. The van der Waals surface area contributed by atoms with Crippen molar-refractivity contribution in [2.45, 2.75) is 5.44 Å². The van der Waals surface area contributed by atoms with Crippen LogP contribution in [0.4, 0.5) is 0 Å². The van der Waals surface area contributed by atoms with Gasteiger partial charge in [0.1, 0.15) is 5.04 Å². The summed E-state index contributed by atoms with van der Waals surface area (Å²) in [6.45, 7) is 0. The minimum absolute atomic E-state index is 0.0417. The highest BCUT2D eigenvalue weighted by Crippen LogP contribution is 2.33. The molecule has 0 aromatic carbocycles. The minimum Gasteiger partial charge on any atom is -0.460 e. The van der Waals surface area contributed by atoms with Crippen LogP contribution >= 0.6 is 35.7 Å². The molecule has 2 rings (SSSR count). The van der Waals surface area contributed by atoms with Crippen LogP contribution in [0.15, 0.2) is 8.80 Å². The molecular weight excluding hydrogens is 188 g/mol. The van der Waals surface area contributed by atoms with Gasteiger partial charge in [0.05, 0.1) is 5.08 Å². The van der Waals surface area contributed by atoms with Crippen molar-refractivity contribution >= 4 is 47.1 Å². The van der Waals surface area contributed by atoms with Crippen molar-refractivity contribution in [3.63, 3.8) is 0 Å². The van der Waals surface area contributed by atoms with Gasteiger partial charge >= 0.3 is 0 Å². The molecule has 2 aliphatic rings. The third-order valence-corrected chi connectivity index (χ3v) is 3.82. The van der Waals surface area contributed by atoms with E-state index in [0.717, 1.165) is 10.1 Å². The maximum atomic E-state index is 5.14. The van der Waals surface area contributed by atoms with Crippen LogP contribution in [-0.4, -0.2) is 22.0 Å². The Bertz CT molecular complexity index is 185. The van der Waals surface area contributed by atoms with Crippen molar-refractivity contribution in [1.82, 2.24) is 0 Å². The normalized spacial score (nSPS) is 30.4. The molecule has 0 spiro atoms. The summed E-state index contributed by atoms with van der Waals surface area (Å²) in [5.41, 5.74) is 0.0417. The summed E-state index contributed by atoms with van der Waals surface area (Å²) < 4.78 is 13.2. The highest BCUT2D eigenvalue weighted by molar-refractivity contribution is 8.27. The van der Waals surface area contributed by atoms with E-state index in [0.29, 0.717) is 0 Å². The molecule has 2 heterocycles. The third-order valence-electron chi connectivity index (χ3n) is 1.000. The first kappa shape index (κ1) is 6.87. The van der Waals surface area contributed by atoms with Gasteiger partial charge in [0.2, 0.25) is 5.44 Å². The summed E-state index contributed by atoms with van der Waals surface area (Å²) in [5.74, 6) is 0. The summed E-state index contributed by atoms with van der Waals surface area (Å²) in [6, 6.07) is 0. The number of hydrogen-bond donors (Lipinski definition) is 0. The Morgan fingerprint density at radius 1 is 1.70 bits per heavy atom. The molecule has 6 heteroatoms. The van der Waals surface area contributed by atoms with Crippen molar-refractivity contribution in [2.75, 3.05) is 5.08 Å². The van der Waals surface area contributed by atoms with Crippen LogP contribution in [-0.2, 0) is 4.74 Å². The lowest BCUT2D eigenvalue weighted by molar-refractivity contribution is 0.364. The fourth-order valence-corrected chi connectivity index (χ4v) is 3.14. The van der Waals surface area contributed by atoms with E-state index in [1.807, 2.05) is 0 Å². The van der Waals surface area contributed by atoms with Gasteiger partial charge in [-0.1, -0.05) is 11.8 Å². The van der Waals surface area contributed by atoms with Crippen LogP contribution in [0.2, 0.25) is 0 Å². The predicted molar refractivity (Wildman–Crippen MR) is 48.4 cm³/mol. The second-order valence-electron chi connectivity index (χ2n) is 1.61. The third kappa shape index (κ3) is 1.28. The molecule has 2 aliphatic heterocycles. The van der Waals surface area contributed by atoms with E-state index < -0.39 is 0 Å². The summed E-state index contributed by atoms with van der Waals surface area (Å²) in [6.07, 6.45) is 1.47. The Morgan fingerprint density at radius 2 is 2.70 bits per heavy atom. The Balaban J connectivity index is 1.99. The molecule has 0 radical (unpaired) electrons. The molecule has 3 nitrogen and oxygen atoms in total. The topological polar surface area (TPSA) is 34.0 Å². The second kappa shape index (κ2) is 3.06. The van der Waals surface area contributed by atoms with Crippen LogP contribution in [0.1, 0.15) is 0 Å². The number of thioether (sulfide) groups is 1. The summed E-state index contributed by atoms with van der Waals surface area (Å²) in [4.78, 5) is 0. The molecule has 0 aromatic rings. The fourth-order valence-electron chi connectivity index (χ4n) is 0.603. The average Bonchev–Trinajstić information content (AvgIpc) is 2.59. The molecule has 0 saturated heterocycles. The lowest BCUT2D eigenvalue weighted by Crippen LogP contribution is -2.11. The van der Waals surface area contributed by atoms with Crippen molar-refractivity contribution < 1.29 is 4.74 Å². The van der Waals surface area contributed by atoms with Gasteiger partial charge in [-0.2, -0.15) is 4.40 Å². The van der Waals surface area contributed by atoms with Gasteiger partial charge in [-0.25, -0.2) is 4.40 Å². The molecule has 0 aromatic heterocycles. The molecule has 1 atom stereocenters. The maximum Gasteiger partial charge on any atom is 0.214 e. The molecule has 0 fully saturated rings. The first-order valence-electron chi connectivity index (χ1n) is 2.62. The van der Waals surface area contributed by atoms with Crippen LogP contribution < -0.4 is 0 Å². The van der Waals surface area contributed by atoms with Gasteiger partial charge in [0.25, 0.3) is 0 Å². The van der Waals surface area contributed by atoms with Crippen molar-refractivity contribution in [2.24, 2.45) is 8.80 Å². The Labute approximate surface area is 71.4 Å². The van der Waals surface area contributed by atoms with E-state index in [4.69, 9.17) is 4.74 Å². The largest absolute Gasteiger partial charge is 0.460 e. The van der Waals surface area contributed by atoms with Gasteiger partial charge in [-0.05, 0) is 11.9 Å². The molecular formula is C4H4N2OS3. The number of ether oxygens (including phenoxy) is 1. The summed E-state index contributed by atoms with van der Waals surface area (Å²) in [7, 11) is 0. The second-order valence-corrected chi connectivity index (χ2v) is 4.55. The number of hydrogen-bond acceptors (Lipinski definition) is 6. The zero-order valence-electron chi connectivity index (χ0n) is 4.89. The molecule has 10 heavy (non-hydrogen) atoms. The molecule has 1 unspecified atom stereocenters. The molecule has 0 aliphatic carbocycles. The van der Waals surface area contributed by atoms with Crippen molar-refractivity contribution in [3.05, 3.63) is 0 Å². The van der Waals surface area contributed by atoms with Crippen LogP contribution in [0.5, 0.6) is 0 Å². The average molecular weight is 192 g/mol. The monoisotopic (exact) mass is 192 g/mol. The van der Waals surface area contributed by atoms with E-state index in [2.05, 4.69) is 8.80 Å². The van der Waals surface area contributed by atoms with Gasteiger partial charge in [0.15, 0.2) is 6.40 Å². The van der Waals surface area contributed by atoms with Crippen LogP contribution in [0.3, 0.4) is 0 Å². The summed E-state index contributed by atoms with van der Waals surface area (Å²) in [5, 5.41) is 2.06. The van der Waals surface area contributed by atoms with Gasteiger partial charge in [-0.15, -0.1) is 0 Å². The Kier molecular flexibility index (Phi) is 2.10. The smallest absolute Gasteiger partial charge is 0.214 e. The lowest BCUT2D eigenvalue weighted by Gasteiger charge is -2.03. The molecule has 0 saturated carbocycles. The fraction of sp³-hybridized carbons (Fsp3) is 0.500. The van der Waals surface area contributed by atoms with Gasteiger partial charge < -0.3 is 4.74 Å². The van der Waals surface area contributed by atoms with E-state index in [9.17, 15) is 0 Å². The molecule has 0 bridgehead atoms. The first-order chi connectivity index (χ1) is 4.97. The van der Waals surface area contributed by atoms with Gasteiger partial charge in [-0.3, -0.25) is 0 Å². The first-order valence-corrected chi connectivity index (χ1v) is 5.39. The van der Waals surface area contributed by atoms with Crippen LogP contribution in [0, 0.1) is 0 Å². The van der Waals surface area contributed by atoms with Gasteiger partial charge in [0, 0.05) is 11.9 Å². The SMILES string of the molecule is C1=NSC(C2=NSCS2)O1. The number of rotatable bonds is 1. The highest BCUT2D eigenvalue weighted by atomic mass is 32.2. The van der Waals surface area contributed by atoms with E-state index in [-0.39, 0.29) is 5.44 Å². The van der Waals surface area contributed by atoms with Crippen LogP contribution in [0.25, 0.3) is 0 Å². The number of nitrogens with zero attached hydrogens (tertiary/aromatic N) is 2. The van der Waals surface area contributed by atoms with E-state index in [1.54, 1.807) is 23.7 Å². The van der Waals surface area contributed by atoms with E-state index >= 15 is 0 Å². The quantitative estimate of drug-likeness (QED) is 0.593. The zero-order valence-corrected chi connectivity index (χ0v) is 7.34. The lowest BCUT2D eigenvalue weighted by atomic mass is 10.8. The van der Waals surface area contributed by atoms with E-state index in [1.165, 1.54) is 18.3 Å². The van der Waals surface area contributed by atoms with Crippen molar-refractivity contribution in [1.29, 1.82) is 0 Å². The summed E-state index contributed by atoms with van der Waals surface area (Å²) >= 11 is 4.72. The molecule has 0 amide bonds. The highest BCUT2D eigenvalue weighted by Gasteiger charge is 2.24. The predicted octanol–water partition coefficient (Wildman–Crippen LogP) is 1.77. The molecule has 0 N–H and O–H groups in total. The molecule has 54 valence electrons.